The quantitative estimate of drug-likeness (QED) is 0.793. The second kappa shape index (κ2) is 8.91. The molecule has 1 fully saturated rings. The normalized spacial score (nSPS) is 16.8. The van der Waals surface area contributed by atoms with Crippen LogP contribution in [0.2, 0.25) is 0 Å². The molecule has 1 atom stereocenters. The molecule has 1 aliphatic rings. The summed E-state index contributed by atoms with van der Waals surface area (Å²) in [6, 6.07) is 13.2. The molecule has 1 aliphatic heterocycles. The molecule has 0 spiro atoms. The molecular formula is C25H34N2O. The number of amides is 1. The molecule has 3 nitrogen and oxygen atoms in total. The molecule has 1 saturated heterocycles. The molecule has 2 aromatic rings. The summed E-state index contributed by atoms with van der Waals surface area (Å²) < 4.78 is 0. The van der Waals surface area contributed by atoms with E-state index in [9.17, 15) is 4.79 Å². The molecule has 0 aromatic heterocycles. The van der Waals surface area contributed by atoms with E-state index in [2.05, 4.69) is 81.2 Å². The van der Waals surface area contributed by atoms with Gasteiger partial charge in [0.1, 0.15) is 0 Å². The van der Waals surface area contributed by atoms with Crippen molar-refractivity contribution in [3.8, 4) is 0 Å². The number of rotatable bonds is 5. The summed E-state index contributed by atoms with van der Waals surface area (Å²) >= 11 is 0. The number of nitrogens with zero attached hydrogens (tertiary/aromatic N) is 1. The average molecular weight is 379 g/mol. The van der Waals surface area contributed by atoms with Crippen LogP contribution in [0.4, 0.5) is 0 Å². The van der Waals surface area contributed by atoms with Gasteiger partial charge in [-0.1, -0.05) is 42.0 Å². The minimum Gasteiger partial charge on any atom is -0.349 e. The first-order chi connectivity index (χ1) is 13.3. The molecule has 0 bridgehead atoms. The van der Waals surface area contributed by atoms with E-state index in [0.29, 0.717) is 0 Å². The van der Waals surface area contributed by atoms with E-state index in [0.717, 1.165) is 32.5 Å². The lowest BCUT2D eigenvalue weighted by molar-refractivity contribution is -0.127. The van der Waals surface area contributed by atoms with Crippen molar-refractivity contribution in [1.29, 1.82) is 0 Å². The molecule has 2 aromatic carbocycles. The average Bonchev–Trinajstić information content (AvgIpc) is 2.65. The predicted molar refractivity (Wildman–Crippen MR) is 116 cm³/mol. The van der Waals surface area contributed by atoms with Crippen LogP contribution in [0.3, 0.4) is 0 Å². The Kier molecular flexibility index (Phi) is 6.56. The van der Waals surface area contributed by atoms with Crippen LogP contribution in [0, 0.1) is 33.6 Å². The Hall–Kier alpha value is -2.13. The number of carbonyl (C=O) groups excluding carboxylic acids is 1. The summed E-state index contributed by atoms with van der Waals surface area (Å²) in [5.74, 6) is 0.336. The number of carbonyl (C=O) groups is 1. The summed E-state index contributed by atoms with van der Waals surface area (Å²) in [7, 11) is 0. The second-order valence-electron chi connectivity index (χ2n) is 8.56. The van der Waals surface area contributed by atoms with Crippen LogP contribution in [0.5, 0.6) is 0 Å². The number of hydrogen-bond acceptors (Lipinski definition) is 2. The standard InChI is InChI=1S/C25H34N2O/c1-17-7-6-8-22(13-17)16-27-11-9-23(10-12-27)25(28)26-21(5)24-15-19(3)18(2)14-20(24)4/h6-8,13-15,21,23H,9-12,16H2,1-5H3,(H,26,28)/t21-/m0/s1. The number of aryl methyl sites for hydroxylation is 4. The molecule has 0 unspecified atom stereocenters. The Balaban J connectivity index is 1.53. The van der Waals surface area contributed by atoms with Gasteiger partial charge < -0.3 is 5.32 Å². The fourth-order valence-electron chi connectivity index (χ4n) is 4.28. The van der Waals surface area contributed by atoms with E-state index in [1.807, 2.05) is 0 Å². The Labute approximate surface area is 170 Å². The van der Waals surface area contributed by atoms with Gasteiger partial charge in [-0.15, -0.1) is 0 Å². The highest BCUT2D eigenvalue weighted by Crippen LogP contribution is 2.24. The highest BCUT2D eigenvalue weighted by atomic mass is 16.1. The molecule has 1 N–H and O–H groups in total. The first-order valence-electron chi connectivity index (χ1n) is 10.5. The molecule has 1 heterocycles. The van der Waals surface area contributed by atoms with Gasteiger partial charge in [-0.2, -0.15) is 0 Å². The summed E-state index contributed by atoms with van der Waals surface area (Å²) in [6.07, 6.45) is 1.88. The van der Waals surface area contributed by atoms with Gasteiger partial charge in [0, 0.05) is 12.5 Å². The summed E-state index contributed by atoms with van der Waals surface area (Å²) in [6.45, 7) is 13.6. The lowest BCUT2D eigenvalue weighted by atomic mass is 9.93. The summed E-state index contributed by atoms with van der Waals surface area (Å²) in [4.78, 5) is 15.3. The van der Waals surface area contributed by atoms with Gasteiger partial charge >= 0.3 is 0 Å². The van der Waals surface area contributed by atoms with Gasteiger partial charge in [-0.3, -0.25) is 9.69 Å². The summed E-state index contributed by atoms with van der Waals surface area (Å²) in [5, 5.41) is 3.27. The monoisotopic (exact) mass is 378 g/mol. The lowest BCUT2D eigenvalue weighted by Crippen LogP contribution is -2.41. The van der Waals surface area contributed by atoms with Gasteiger partial charge in [0.05, 0.1) is 6.04 Å². The number of hydrogen-bond donors (Lipinski definition) is 1. The molecule has 3 rings (SSSR count). The number of piperidine rings is 1. The van der Waals surface area contributed by atoms with Crippen LogP contribution in [0.1, 0.15) is 59.2 Å². The van der Waals surface area contributed by atoms with E-state index in [1.54, 1.807) is 0 Å². The van der Waals surface area contributed by atoms with E-state index < -0.39 is 0 Å². The van der Waals surface area contributed by atoms with E-state index in [-0.39, 0.29) is 17.9 Å². The van der Waals surface area contributed by atoms with Crippen molar-refractivity contribution in [3.05, 3.63) is 69.8 Å². The fraction of sp³-hybridized carbons (Fsp3) is 0.480. The maximum absolute atomic E-state index is 12.8. The molecule has 150 valence electrons. The third-order valence-corrected chi connectivity index (χ3v) is 6.15. The second-order valence-corrected chi connectivity index (χ2v) is 8.56. The third kappa shape index (κ3) is 5.02. The highest BCUT2D eigenvalue weighted by Gasteiger charge is 2.26. The van der Waals surface area contributed by atoms with E-state index in [1.165, 1.54) is 33.4 Å². The lowest BCUT2D eigenvalue weighted by Gasteiger charge is -2.32. The first kappa shape index (κ1) is 20.6. The Morgan fingerprint density at radius 2 is 1.71 bits per heavy atom. The first-order valence-corrected chi connectivity index (χ1v) is 10.5. The van der Waals surface area contributed by atoms with Crippen LogP contribution >= 0.6 is 0 Å². The molecular weight excluding hydrogens is 344 g/mol. The van der Waals surface area contributed by atoms with Crippen molar-refractivity contribution in [1.82, 2.24) is 10.2 Å². The smallest absolute Gasteiger partial charge is 0.223 e. The minimum atomic E-state index is 0.0529. The summed E-state index contributed by atoms with van der Waals surface area (Å²) in [5.41, 5.74) is 7.74. The maximum atomic E-state index is 12.8. The van der Waals surface area contributed by atoms with Crippen LogP contribution in [0.25, 0.3) is 0 Å². The van der Waals surface area contributed by atoms with Crippen LogP contribution in [-0.2, 0) is 11.3 Å². The maximum Gasteiger partial charge on any atom is 0.223 e. The topological polar surface area (TPSA) is 32.3 Å². The molecule has 1 amide bonds. The third-order valence-electron chi connectivity index (χ3n) is 6.15. The van der Waals surface area contributed by atoms with Gasteiger partial charge in [-0.05, 0) is 88.4 Å². The highest BCUT2D eigenvalue weighted by molar-refractivity contribution is 5.79. The number of likely N-dealkylation sites (tertiary alicyclic amines) is 1. The Morgan fingerprint density at radius 3 is 2.39 bits per heavy atom. The molecule has 3 heteroatoms. The van der Waals surface area contributed by atoms with Gasteiger partial charge in [-0.25, -0.2) is 0 Å². The van der Waals surface area contributed by atoms with Crippen molar-refractivity contribution in [2.75, 3.05) is 13.1 Å². The predicted octanol–water partition coefficient (Wildman–Crippen LogP) is 5.01. The molecule has 0 aliphatic carbocycles. The van der Waals surface area contributed by atoms with Crippen molar-refractivity contribution >= 4 is 5.91 Å². The van der Waals surface area contributed by atoms with Gasteiger partial charge in [0.25, 0.3) is 0 Å². The van der Waals surface area contributed by atoms with Crippen LogP contribution in [-0.4, -0.2) is 23.9 Å². The van der Waals surface area contributed by atoms with E-state index in [4.69, 9.17) is 0 Å². The zero-order valence-corrected chi connectivity index (χ0v) is 18.0. The SMILES string of the molecule is Cc1cccc(CN2CCC(C(=O)N[C@@H](C)c3cc(C)c(C)cc3C)CC2)c1. The van der Waals surface area contributed by atoms with Crippen LogP contribution < -0.4 is 5.32 Å². The molecule has 28 heavy (non-hydrogen) atoms. The molecule has 0 radical (unpaired) electrons. The van der Waals surface area contributed by atoms with Crippen LogP contribution in [0.15, 0.2) is 36.4 Å². The zero-order valence-electron chi connectivity index (χ0n) is 18.0. The van der Waals surface area contributed by atoms with Crippen molar-refractivity contribution < 1.29 is 4.79 Å². The Bertz CT molecular complexity index is 834. The van der Waals surface area contributed by atoms with Crippen molar-refractivity contribution in [2.24, 2.45) is 5.92 Å². The zero-order chi connectivity index (χ0) is 20.3. The van der Waals surface area contributed by atoms with E-state index >= 15 is 0 Å². The number of benzene rings is 2. The molecule has 0 saturated carbocycles. The van der Waals surface area contributed by atoms with Gasteiger partial charge in [0.2, 0.25) is 5.91 Å². The minimum absolute atomic E-state index is 0.0529. The largest absolute Gasteiger partial charge is 0.349 e. The van der Waals surface area contributed by atoms with Crippen molar-refractivity contribution in [2.45, 2.75) is 60.0 Å². The number of nitrogens with one attached hydrogen (secondary N) is 1. The Morgan fingerprint density at radius 1 is 1.04 bits per heavy atom. The fourth-order valence-corrected chi connectivity index (χ4v) is 4.28. The van der Waals surface area contributed by atoms with Crippen molar-refractivity contribution in [3.63, 3.8) is 0 Å². The van der Waals surface area contributed by atoms with Gasteiger partial charge in [0.15, 0.2) is 0 Å².